The van der Waals surface area contributed by atoms with Gasteiger partial charge in [0.05, 0.1) is 11.8 Å². The van der Waals surface area contributed by atoms with Crippen LogP contribution in [-0.4, -0.2) is 34.7 Å². The Hall–Kier alpha value is -1.39. The molecule has 5 aliphatic carbocycles. The Morgan fingerprint density at radius 3 is 1.92 bits per heavy atom. The van der Waals surface area contributed by atoms with Crippen molar-refractivity contribution < 1.29 is 14.4 Å². The Morgan fingerprint density at radius 2 is 1.42 bits per heavy atom. The second-order valence-corrected chi connectivity index (χ2v) is 9.82. The number of hydrogen-bond donors (Lipinski definition) is 1. The molecule has 1 N–H and O–H groups in total. The highest BCUT2D eigenvalue weighted by atomic mass is 16.2. The van der Waals surface area contributed by atoms with Crippen LogP contribution in [0.5, 0.6) is 0 Å². The number of carbonyl (C=O) groups excluding carboxylic acids is 3. The van der Waals surface area contributed by atoms with Gasteiger partial charge in [0.1, 0.15) is 0 Å². The van der Waals surface area contributed by atoms with Crippen LogP contribution in [0.15, 0.2) is 0 Å². The molecule has 0 unspecified atom stereocenters. The van der Waals surface area contributed by atoms with Gasteiger partial charge >= 0.3 is 0 Å². The summed E-state index contributed by atoms with van der Waals surface area (Å²) in [6.07, 6.45) is 11.5. The lowest BCUT2D eigenvalue weighted by Gasteiger charge is -2.56. The number of nitrogens with zero attached hydrogens (tertiary/aromatic N) is 1. The number of hydrogen-bond acceptors (Lipinski definition) is 3. The molecule has 0 aromatic heterocycles. The van der Waals surface area contributed by atoms with Gasteiger partial charge in [-0.1, -0.05) is 12.8 Å². The molecule has 26 heavy (non-hydrogen) atoms. The summed E-state index contributed by atoms with van der Waals surface area (Å²) in [6.45, 7) is 0.267. The lowest BCUT2D eigenvalue weighted by atomic mass is 9.53. The maximum atomic E-state index is 12.7. The van der Waals surface area contributed by atoms with E-state index in [9.17, 15) is 14.4 Å². The van der Waals surface area contributed by atoms with Crippen molar-refractivity contribution in [2.45, 2.75) is 76.2 Å². The van der Waals surface area contributed by atoms with Gasteiger partial charge in [0.15, 0.2) is 0 Å². The van der Waals surface area contributed by atoms with E-state index in [4.69, 9.17) is 0 Å². The minimum absolute atomic E-state index is 0.0127. The van der Waals surface area contributed by atoms with Crippen molar-refractivity contribution in [3.8, 4) is 0 Å². The first-order valence-electron chi connectivity index (χ1n) is 10.7. The van der Waals surface area contributed by atoms with Crippen molar-refractivity contribution in [2.24, 2.45) is 29.6 Å². The number of imide groups is 1. The largest absolute Gasteiger partial charge is 0.351 e. The Morgan fingerprint density at radius 1 is 0.923 bits per heavy atom. The quantitative estimate of drug-likeness (QED) is 0.786. The van der Waals surface area contributed by atoms with E-state index in [-0.39, 0.29) is 48.1 Å². The number of nitrogens with one attached hydrogen (secondary N) is 1. The van der Waals surface area contributed by atoms with Crippen molar-refractivity contribution >= 4 is 17.7 Å². The van der Waals surface area contributed by atoms with Crippen LogP contribution in [0.1, 0.15) is 70.6 Å². The van der Waals surface area contributed by atoms with E-state index in [0.717, 1.165) is 62.7 Å². The third-order valence-electron chi connectivity index (χ3n) is 7.94. The molecule has 4 bridgehead atoms. The molecule has 3 amide bonds. The molecule has 5 saturated carbocycles. The molecule has 142 valence electrons. The normalized spacial score (nSPS) is 43.7. The Bertz CT molecular complexity index is 584. The van der Waals surface area contributed by atoms with Gasteiger partial charge in [-0.2, -0.15) is 0 Å². The maximum Gasteiger partial charge on any atom is 0.233 e. The van der Waals surface area contributed by atoms with Crippen LogP contribution < -0.4 is 5.32 Å². The predicted molar refractivity (Wildman–Crippen MR) is 95.8 cm³/mol. The van der Waals surface area contributed by atoms with Crippen LogP contribution in [0.2, 0.25) is 0 Å². The first-order chi connectivity index (χ1) is 12.5. The Labute approximate surface area is 155 Å². The fraction of sp³-hybridized carbons (Fsp3) is 0.857. The smallest absolute Gasteiger partial charge is 0.233 e. The van der Waals surface area contributed by atoms with Crippen molar-refractivity contribution in [3.05, 3.63) is 0 Å². The maximum absolute atomic E-state index is 12.7. The Balaban J connectivity index is 1.19. The van der Waals surface area contributed by atoms with E-state index >= 15 is 0 Å². The highest BCUT2D eigenvalue weighted by Gasteiger charge is 2.52. The minimum atomic E-state index is -0.109. The van der Waals surface area contributed by atoms with E-state index < -0.39 is 0 Å². The first-order valence-corrected chi connectivity index (χ1v) is 10.7. The van der Waals surface area contributed by atoms with Crippen LogP contribution in [0.3, 0.4) is 0 Å². The molecule has 0 aromatic carbocycles. The zero-order valence-corrected chi connectivity index (χ0v) is 15.5. The van der Waals surface area contributed by atoms with Gasteiger partial charge in [-0.05, 0) is 69.1 Å². The van der Waals surface area contributed by atoms with Crippen LogP contribution in [0.4, 0.5) is 0 Å². The van der Waals surface area contributed by atoms with Crippen LogP contribution in [0, 0.1) is 29.6 Å². The fourth-order valence-electron chi connectivity index (χ4n) is 7.29. The molecule has 1 aliphatic heterocycles. The average Bonchev–Trinajstić information content (AvgIpc) is 2.83. The molecule has 2 atom stereocenters. The number of rotatable bonds is 4. The minimum Gasteiger partial charge on any atom is -0.351 e. The van der Waals surface area contributed by atoms with Crippen molar-refractivity contribution in [2.75, 3.05) is 6.54 Å². The molecule has 6 aliphatic rings. The second-order valence-electron chi connectivity index (χ2n) is 9.82. The summed E-state index contributed by atoms with van der Waals surface area (Å²) in [5, 5.41) is 3.35. The summed E-state index contributed by atoms with van der Waals surface area (Å²) in [5.74, 6) is 2.15. The van der Waals surface area contributed by atoms with Gasteiger partial charge in [0, 0.05) is 18.5 Å². The third-order valence-corrected chi connectivity index (χ3v) is 7.94. The van der Waals surface area contributed by atoms with Gasteiger partial charge in [0.2, 0.25) is 17.7 Å². The second kappa shape index (κ2) is 6.07. The molecule has 0 radical (unpaired) electrons. The molecule has 1 heterocycles. The van der Waals surface area contributed by atoms with E-state index in [2.05, 4.69) is 5.32 Å². The first kappa shape index (κ1) is 16.8. The molecule has 6 fully saturated rings. The van der Waals surface area contributed by atoms with Gasteiger partial charge in [0.25, 0.3) is 0 Å². The summed E-state index contributed by atoms with van der Waals surface area (Å²) in [4.78, 5) is 39.1. The van der Waals surface area contributed by atoms with Crippen molar-refractivity contribution in [3.63, 3.8) is 0 Å². The summed E-state index contributed by atoms with van der Waals surface area (Å²) in [5.41, 5.74) is 0.0127. The third kappa shape index (κ3) is 2.69. The summed E-state index contributed by atoms with van der Waals surface area (Å²) in [7, 11) is 0. The Kier molecular flexibility index (Phi) is 3.91. The molecule has 5 heteroatoms. The molecule has 5 nitrogen and oxygen atoms in total. The van der Waals surface area contributed by atoms with Gasteiger partial charge < -0.3 is 5.32 Å². The number of amides is 3. The lowest BCUT2D eigenvalue weighted by molar-refractivity contribution is -0.140. The molecule has 0 aromatic rings. The molecule has 6 rings (SSSR count). The average molecular weight is 358 g/mol. The lowest BCUT2D eigenvalue weighted by Crippen LogP contribution is -2.60. The zero-order valence-electron chi connectivity index (χ0n) is 15.5. The monoisotopic (exact) mass is 358 g/mol. The number of fused-ring (bicyclic) bond motifs is 1. The van der Waals surface area contributed by atoms with Gasteiger partial charge in [-0.15, -0.1) is 0 Å². The zero-order chi connectivity index (χ0) is 17.9. The highest BCUT2D eigenvalue weighted by molar-refractivity contribution is 6.05. The highest BCUT2D eigenvalue weighted by Crippen LogP contribution is 2.55. The van der Waals surface area contributed by atoms with E-state index in [0.29, 0.717) is 0 Å². The van der Waals surface area contributed by atoms with Crippen LogP contribution in [-0.2, 0) is 14.4 Å². The molecular formula is C21H30N2O3. The number of likely N-dealkylation sites (tertiary alicyclic amines) is 1. The molecule has 0 spiro atoms. The SMILES string of the molecule is O=C(CCN1C(=O)[C@H]2CCCC[C@@H]2C1=O)NC12CC3CC(CC(C3)C1)C2. The van der Waals surface area contributed by atoms with Crippen molar-refractivity contribution in [1.29, 1.82) is 0 Å². The topological polar surface area (TPSA) is 66.5 Å². The van der Waals surface area contributed by atoms with Crippen molar-refractivity contribution in [1.82, 2.24) is 10.2 Å². The van der Waals surface area contributed by atoms with Gasteiger partial charge in [-0.25, -0.2) is 0 Å². The summed E-state index contributed by atoms with van der Waals surface area (Å²) < 4.78 is 0. The van der Waals surface area contributed by atoms with Crippen LogP contribution in [0.25, 0.3) is 0 Å². The summed E-state index contributed by atoms with van der Waals surface area (Å²) >= 11 is 0. The van der Waals surface area contributed by atoms with Crippen LogP contribution >= 0.6 is 0 Å². The standard InChI is InChI=1S/C21H30N2O3/c24-18(22-21-10-13-7-14(11-21)9-15(8-13)12-21)5-6-23-19(25)16-3-1-2-4-17(16)20(23)26/h13-17H,1-12H2,(H,22,24)/t13?,14?,15?,16-,17-,21?/m0/s1. The fourth-order valence-corrected chi connectivity index (χ4v) is 7.29. The summed E-state index contributed by atoms with van der Waals surface area (Å²) in [6, 6.07) is 0. The molecule has 1 saturated heterocycles. The van der Waals surface area contributed by atoms with E-state index in [1.807, 2.05) is 0 Å². The predicted octanol–water partition coefficient (Wildman–Crippen LogP) is 2.64. The van der Waals surface area contributed by atoms with E-state index in [1.165, 1.54) is 24.2 Å². The van der Waals surface area contributed by atoms with E-state index in [1.54, 1.807) is 0 Å². The molecular weight excluding hydrogens is 328 g/mol. The number of carbonyl (C=O) groups is 3. The van der Waals surface area contributed by atoms with Gasteiger partial charge in [-0.3, -0.25) is 19.3 Å².